The number of rotatable bonds is 2. The van der Waals surface area contributed by atoms with Gasteiger partial charge in [0.15, 0.2) is 6.29 Å². The summed E-state index contributed by atoms with van der Waals surface area (Å²) in [4.78, 5) is 15.8. The highest BCUT2D eigenvalue weighted by atomic mass is 79.9. The summed E-state index contributed by atoms with van der Waals surface area (Å²) < 4.78 is 0.949. The standard InChI is InChI=1S/C13H17BrN2O/c1-10-8-15(2)5-6-16(10)13-4-3-12(14)7-11(13)9-17/h3-4,7,9-10H,5-6,8H2,1-2H3. The van der Waals surface area contributed by atoms with E-state index in [2.05, 4.69) is 39.7 Å². The molecule has 4 heteroatoms. The number of anilines is 1. The third-order valence-corrected chi connectivity index (χ3v) is 3.75. The van der Waals surface area contributed by atoms with E-state index in [1.54, 1.807) is 0 Å². The first-order chi connectivity index (χ1) is 8.11. The molecule has 1 aliphatic rings. The maximum Gasteiger partial charge on any atom is 0.152 e. The normalized spacial score (nSPS) is 21.6. The van der Waals surface area contributed by atoms with Gasteiger partial charge < -0.3 is 9.80 Å². The monoisotopic (exact) mass is 296 g/mol. The number of benzene rings is 1. The van der Waals surface area contributed by atoms with Gasteiger partial charge in [0.25, 0.3) is 0 Å². The summed E-state index contributed by atoms with van der Waals surface area (Å²) in [6, 6.07) is 6.34. The second kappa shape index (κ2) is 5.19. The lowest BCUT2D eigenvalue weighted by atomic mass is 10.1. The Labute approximate surface area is 111 Å². The molecule has 92 valence electrons. The number of hydrogen-bond donors (Lipinski definition) is 0. The van der Waals surface area contributed by atoms with Crippen molar-refractivity contribution in [3.63, 3.8) is 0 Å². The largest absolute Gasteiger partial charge is 0.366 e. The quantitative estimate of drug-likeness (QED) is 0.783. The number of hydrogen-bond acceptors (Lipinski definition) is 3. The van der Waals surface area contributed by atoms with E-state index < -0.39 is 0 Å². The fourth-order valence-corrected chi connectivity index (χ4v) is 2.76. The molecule has 1 atom stereocenters. The summed E-state index contributed by atoms with van der Waals surface area (Å²) in [6.45, 7) is 5.25. The minimum atomic E-state index is 0.439. The molecule has 0 N–H and O–H groups in total. The van der Waals surface area contributed by atoms with Crippen molar-refractivity contribution in [1.29, 1.82) is 0 Å². The molecule has 1 aromatic carbocycles. The molecule has 0 aliphatic carbocycles. The maximum absolute atomic E-state index is 11.1. The van der Waals surface area contributed by atoms with Crippen LogP contribution in [0.2, 0.25) is 0 Å². The highest BCUT2D eigenvalue weighted by molar-refractivity contribution is 9.10. The van der Waals surface area contributed by atoms with Crippen molar-refractivity contribution in [2.75, 3.05) is 31.6 Å². The molecule has 0 amide bonds. The highest BCUT2D eigenvalue weighted by Crippen LogP contribution is 2.26. The molecule has 1 saturated heterocycles. The van der Waals surface area contributed by atoms with Gasteiger partial charge in [-0.05, 0) is 32.2 Å². The minimum Gasteiger partial charge on any atom is -0.366 e. The zero-order chi connectivity index (χ0) is 12.4. The van der Waals surface area contributed by atoms with E-state index in [1.165, 1.54) is 0 Å². The fraction of sp³-hybridized carbons (Fsp3) is 0.462. The average Bonchev–Trinajstić information content (AvgIpc) is 2.30. The molecule has 0 bridgehead atoms. The van der Waals surface area contributed by atoms with Crippen LogP contribution in [0.1, 0.15) is 17.3 Å². The Bertz CT molecular complexity index is 422. The van der Waals surface area contributed by atoms with Crippen LogP contribution >= 0.6 is 15.9 Å². The van der Waals surface area contributed by atoms with E-state index in [4.69, 9.17) is 0 Å². The van der Waals surface area contributed by atoms with Gasteiger partial charge >= 0.3 is 0 Å². The van der Waals surface area contributed by atoms with E-state index in [9.17, 15) is 4.79 Å². The number of nitrogens with zero attached hydrogens (tertiary/aromatic N) is 2. The number of likely N-dealkylation sites (N-methyl/N-ethyl adjacent to an activating group) is 1. The van der Waals surface area contributed by atoms with Gasteiger partial charge in [-0.2, -0.15) is 0 Å². The molecule has 0 spiro atoms. The molecular weight excluding hydrogens is 280 g/mol. The van der Waals surface area contributed by atoms with Gasteiger partial charge in [-0.3, -0.25) is 4.79 Å². The minimum absolute atomic E-state index is 0.439. The Kier molecular flexibility index (Phi) is 3.84. The van der Waals surface area contributed by atoms with Crippen LogP contribution in [0, 0.1) is 0 Å². The molecule has 2 rings (SSSR count). The molecule has 1 aromatic rings. The lowest BCUT2D eigenvalue weighted by molar-refractivity contribution is 0.112. The van der Waals surface area contributed by atoms with E-state index in [1.807, 2.05) is 18.2 Å². The van der Waals surface area contributed by atoms with Gasteiger partial charge in [-0.15, -0.1) is 0 Å². The van der Waals surface area contributed by atoms with E-state index >= 15 is 0 Å². The number of piperazine rings is 1. The summed E-state index contributed by atoms with van der Waals surface area (Å²) in [5, 5.41) is 0. The van der Waals surface area contributed by atoms with Crippen LogP contribution in [-0.4, -0.2) is 43.9 Å². The van der Waals surface area contributed by atoms with Gasteiger partial charge in [0, 0.05) is 41.4 Å². The van der Waals surface area contributed by atoms with Crippen LogP contribution in [0.4, 0.5) is 5.69 Å². The van der Waals surface area contributed by atoms with E-state index in [-0.39, 0.29) is 0 Å². The highest BCUT2D eigenvalue weighted by Gasteiger charge is 2.23. The predicted molar refractivity (Wildman–Crippen MR) is 73.8 cm³/mol. The predicted octanol–water partition coefficient (Wildman–Crippen LogP) is 2.40. The molecule has 1 heterocycles. The van der Waals surface area contributed by atoms with E-state index in [0.717, 1.165) is 41.6 Å². The van der Waals surface area contributed by atoms with Crippen LogP contribution in [0.15, 0.2) is 22.7 Å². The van der Waals surface area contributed by atoms with Crippen molar-refractivity contribution in [3.05, 3.63) is 28.2 Å². The van der Waals surface area contributed by atoms with Gasteiger partial charge in [0.05, 0.1) is 0 Å². The number of carbonyl (C=O) groups excluding carboxylic acids is 1. The second-order valence-corrected chi connectivity index (χ2v) is 5.54. The molecule has 17 heavy (non-hydrogen) atoms. The Balaban J connectivity index is 2.30. The van der Waals surface area contributed by atoms with Gasteiger partial charge in [0.1, 0.15) is 0 Å². The van der Waals surface area contributed by atoms with Crippen molar-refractivity contribution in [3.8, 4) is 0 Å². The van der Waals surface area contributed by atoms with Crippen LogP contribution in [0.5, 0.6) is 0 Å². The van der Waals surface area contributed by atoms with Crippen LogP contribution in [-0.2, 0) is 0 Å². The van der Waals surface area contributed by atoms with Crippen molar-refractivity contribution < 1.29 is 4.79 Å². The third-order valence-electron chi connectivity index (χ3n) is 3.26. The van der Waals surface area contributed by atoms with E-state index in [0.29, 0.717) is 6.04 Å². The first kappa shape index (κ1) is 12.6. The first-order valence-electron chi connectivity index (χ1n) is 5.81. The summed E-state index contributed by atoms with van der Waals surface area (Å²) in [6.07, 6.45) is 0.936. The Hall–Kier alpha value is -0.870. The van der Waals surface area contributed by atoms with Gasteiger partial charge in [0.2, 0.25) is 0 Å². The summed E-state index contributed by atoms with van der Waals surface area (Å²) in [5.41, 5.74) is 1.81. The summed E-state index contributed by atoms with van der Waals surface area (Å²) in [7, 11) is 2.13. The second-order valence-electron chi connectivity index (χ2n) is 4.63. The average molecular weight is 297 g/mol. The topological polar surface area (TPSA) is 23.6 Å². The Morgan fingerprint density at radius 3 is 2.82 bits per heavy atom. The summed E-state index contributed by atoms with van der Waals surface area (Å²) >= 11 is 3.40. The Morgan fingerprint density at radius 1 is 1.41 bits per heavy atom. The number of halogens is 1. The maximum atomic E-state index is 11.1. The zero-order valence-corrected chi connectivity index (χ0v) is 11.8. The molecule has 0 aromatic heterocycles. The smallest absolute Gasteiger partial charge is 0.152 e. The van der Waals surface area contributed by atoms with Crippen LogP contribution < -0.4 is 4.90 Å². The molecule has 1 fully saturated rings. The molecule has 1 aliphatic heterocycles. The molecular formula is C13H17BrN2O. The SMILES string of the molecule is CC1CN(C)CCN1c1ccc(Br)cc1C=O. The van der Waals surface area contributed by atoms with Gasteiger partial charge in [-0.25, -0.2) is 0 Å². The van der Waals surface area contributed by atoms with Crippen molar-refractivity contribution in [1.82, 2.24) is 4.90 Å². The third kappa shape index (κ3) is 2.69. The molecule has 0 saturated carbocycles. The number of carbonyl (C=O) groups is 1. The first-order valence-corrected chi connectivity index (χ1v) is 6.61. The number of aldehydes is 1. The lowest BCUT2D eigenvalue weighted by Crippen LogP contribution is -2.50. The van der Waals surface area contributed by atoms with Crippen LogP contribution in [0.25, 0.3) is 0 Å². The fourth-order valence-electron chi connectivity index (χ4n) is 2.38. The van der Waals surface area contributed by atoms with Crippen molar-refractivity contribution in [2.24, 2.45) is 0 Å². The van der Waals surface area contributed by atoms with Crippen molar-refractivity contribution in [2.45, 2.75) is 13.0 Å². The lowest BCUT2D eigenvalue weighted by Gasteiger charge is -2.40. The molecule has 0 radical (unpaired) electrons. The summed E-state index contributed by atoms with van der Waals surface area (Å²) in [5.74, 6) is 0. The zero-order valence-electron chi connectivity index (χ0n) is 10.2. The molecule has 1 unspecified atom stereocenters. The van der Waals surface area contributed by atoms with Crippen molar-refractivity contribution >= 4 is 27.9 Å². The Morgan fingerprint density at radius 2 is 2.18 bits per heavy atom. The van der Waals surface area contributed by atoms with Gasteiger partial charge in [-0.1, -0.05) is 15.9 Å². The van der Waals surface area contributed by atoms with Crippen LogP contribution in [0.3, 0.4) is 0 Å². The molecule has 3 nitrogen and oxygen atoms in total.